The number of carbonyl (C=O) groups excluding carboxylic acids is 2. The highest BCUT2D eigenvalue weighted by atomic mass is 32.2. The number of thioether (sulfide) groups is 1. The van der Waals surface area contributed by atoms with Gasteiger partial charge in [0.15, 0.2) is 4.34 Å². The molecule has 0 aliphatic carbocycles. The number of rotatable bonds is 9. The number of nitrogens with zero attached hydrogens (tertiary/aromatic N) is 2. The van der Waals surface area contributed by atoms with Gasteiger partial charge in [-0.1, -0.05) is 61.1 Å². The lowest BCUT2D eigenvalue weighted by Gasteiger charge is -2.21. The Morgan fingerprint density at radius 2 is 2.04 bits per heavy atom. The lowest BCUT2D eigenvalue weighted by atomic mass is 9.99. The Labute approximate surface area is 173 Å². The zero-order valence-electron chi connectivity index (χ0n) is 16.7. The van der Waals surface area contributed by atoms with E-state index in [-0.39, 0.29) is 17.6 Å². The number of amides is 1. The number of hydrogen-bond acceptors (Lipinski definition) is 8. The predicted molar refractivity (Wildman–Crippen MR) is 113 cm³/mol. The van der Waals surface area contributed by atoms with Crippen LogP contribution in [0, 0.1) is 19.8 Å². The highest BCUT2D eigenvalue weighted by Crippen LogP contribution is 2.29. The summed E-state index contributed by atoms with van der Waals surface area (Å²) in [4.78, 5) is 24.1. The minimum Gasteiger partial charge on any atom is -0.467 e. The summed E-state index contributed by atoms with van der Waals surface area (Å²) in [5.41, 5.74) is 3.30. The lowest BCUT2D eigenvalue weighted by Crippen LogP contribution is -2.46. The van der Waals surface area contributed by atoms with Crippen molar-refractivity contribution in [3.63, 3.8) is 0 Å². The fourth-order valence-corrected chi connectivity index (χ4v) is 4.10. The van der Waals surface area contributed by atoms with Crippen molar-refractivity contribution in [2.75, 3.05) is 18.2 Å². The zero-order valence-corrected chi connectivity index (χ0v) is 18.4. The second kappa shape index (κ2) is 10.4. The van der Waals surface area contributed by atoms with E-state index in [0.29, 0.717) is 9.47 Å². The number of anilines is 2. The van der Waals surface area contributed by atoms with Gasteiger partial charge < -0.3 is 15.4 Å². The van der Waals surface area contributed by atoms with Crippen LogP contribution in [0.4, 0.5) is 10.8 Å². The minimum atomic E-state index is -0.640. The molecule has 0 saturated carbocycles. The number of esters is 1. The first-order chi connectivity index (χ1) is 13.3. The number of nitrogens with one attached hydrogen (secondary N) is 2. The molecule has 0 aliphatic rings. The smallest absolute Gasteiger partial charge is 0.328 e. The summed E-state index contributed by atoms with van der Waals surface area (Å²) in [6.45, 7) is 7.96. The Kier molecular flexibility index (Phi) is 8.25. The van der Waals surface area contributed by atoms with Gasteiger partial charge >= 0.3 is 5.97 Å². The van der Waals surface area contributed by atoms with Crippen LogP contribution in [0.15, 0.2) is 22.5 Å². The van der Waals surface area contributed by atoms with Crippen LogP contribution >= 0.6 is 23.1 Å². The van der Waals surface area contributed by atoms with Crippen molar-refractivity contribution in [2.45, 2.75) is 44.5 Å². The topological polar surface area (TPSA) is 93.2 Å². The fourth-order valence-electron chi connectivity index (χ4n) is 2.53. The van der Waals surface area contributed by atoms with Gasteiger partial charge in [-0.05, 0) is 31.4 Å². The number of aryl methyl sites for hydroxylation is 2. The molecule has 2 aromatic rings. The number of ether oxygens (including phenoxy) is 1. The van der Waals surface area contributed by atoms with Crippen LogP contribution in [-0.4, -0.2) is 41.0 Å². The van der Waals surface area contributed by atoms with Gasteiger partial charge in [0.25, 0.3) is 0 Å². The molecule has 1 heterocycles. The molecule has 1 aromatic carbocycles. The molecule has 0 bridgehead atoms. The first-order valence-electron chi connectivity index (χ1n) is 9.01. The van der Waals surface area contributed by atoms with E-state index in [9.17, 15) is 9.59 Å². The summed E-state index contributed by atoms with van der Waals surface area (Å²) in [5, 5.41) is 14.9. The van der Waals surface area contributed by atoms with Crippen molar-refractivity contribution in [1.29, 1.82) is 0 Å². The van der Waals surface area contributed by atoms with Crippen molar-refractivity contribution in [3.8, 4) is 0 Å². The average molecular weight is 423 g/mol. The summed E-state index contributed by atoms with van der Waals surface area (Å²) < 4.78 is 5.47. The maximum absolute atomic E-state index is 12.2. The Hall–Kier alpha value is -2.13. The highest BCUT2D eigenvalue weighted by molar-refractivity contribution is 8.01. The SMILES string of the molecule is CC[C@@H](C)[C@@H](NC(=O)CSc1nnc(Nc2ccc(C)cc2C)s1)C(=O)OC. The van der Waals surface area contributed by atoms with Crippen molar-refractivity contribution < 1.29 is 14.3 Å². The number of benzene rings is 1. The van der Waals surface area contributed by atoms with E-state index in [1.807, 2.05) is 39.8 Å². The van der Waals surface area contributed by atoms with Gasteiger partial charge in [-0.2, -0.15) is 0 Å². The van der Waals surface area contributed by atoms with Gasteiger partial charge in [-0.3, -0.25) is 4.79 Å². The molecule has 1 aromatic heterocycles. The molecule has 0 saturated heterocycles. The van der Waals surface area contributed by atoms with Gasteiger partial charge in [-0.25, -0.2) is 4.79 Å². The fraction of sp³-hybridized carbons (Fsp3) is 0.474. The molecule has 0 fully saturated rings. The van der Waals surface area contributed by atoms with Crippen molar-refractivity contribution in [2.24, 2.45) is 5.92 Å². The molecular formula is C19H26N4O3S2. The van der Waals surface area contributed by atoms with Gasteiger partial charge in [0.2, 0.25) is 11.0 Å². The van der Waals surface area contributed by atoms with Gasteiger partial charge in [0, 0.05) is 5.69 Å². The number of aromatic nitrogens is 2. The summed E-state index contributed by atoms with van der Waals surface area (Å²) in [7, 11) is 1.32. The van der Waals surface area contributed by atoms with Gasteiger partial charge in [-0.15, -0.1) is 10.2 Å². The van der Waals surface area contributed by atoms with Crippen molar-refractivity contribution in [3.05, 3.63) is 29.3 Å². The van der Waals surface area contributed by atoms with Crippen molar-refractivity contribution >= 4 is 45.8 Å². The molecule has 2 atom stereocenters. The summed E-state index contributed by atoms with van der Waals surface area (Å²) in [6.07, 6.45) is 0.761. The van der Waals surface area contributed by atoms with Crippen LogP contribution in [0.2, 0.25) is 0 Å². The standard InChI is InChI=1S/C19H26N4O3S2/c1-6-12(3)16(17(25)26-5)21-15(24)10-27-19-23-22-18(28-19)20-14-8-7-11(2)9-13(14)4/h7-9,12,16H,6,10H2,1-5H3,(H,20,22)(H,21,24)/t12-,16-/m1/s1. The van der Waals surface area contributed by atoms with Gasteiger partial charge in [0.1, 0.15) is 6.04 Å². The zero-order chi connectivity index (χ0) is 20.7. The van der Waals surface area contributed by atoms with E-state index in [2.05, 4.69) is 26.9 Å². The number of methoxy groups -OCH3 is 1. The average Bonchev–Trinajstić information content (AvgIpc) is 3.13. The molecule has 152 valence electrons. The summed E-state index contributed by atoms with van der Waals surface area (Å²) >= 11 is 2.67. The summed E-state index contributed by atoms with van der Waals surface area (Å²) in [5.74, 6) is -0.512. The van der Waals surface area contributed by atoms with Crippen molar-refractivity contribution in [1.82, 2.24) is 15.5 Å². The number of carbonyl (C=O) groups is 2. The largest absolute Gasteiger partial charge is 0.467 e. The molecule has 2 rings (SSSR count). The maximum Gasteiger partial charge on any atom is 0.328 e. The Morgan fingerprint density at radius 1 is 1.29 bits per heavy atom. The molecule has 0 aliphatic heterocycles. The van der Waals surface area contributed by atoms with E-state index in [1.54, 1.807) is 0 Å². The molecule has 9 heteroatoms. The molecule has 0 radical (unpaired) electrons. The van der Waals surface area contributed by atoms with Crippen LogP contribution in [0.1, 0.15) is 31.4 Å². The second-order valence-corrected chi connectivity index (χ2v) is 8.76. The van der Waals surface area contributed by atoms with E-state index in [1.165, 1.54) is 35.8 Å². The Morgan fingerprint density at radius 3 is 2.68 bits per heavy atom. The molecule has 1 amide bonds. The molecule has 0 unspecified atom stereocenters. The lowest BCUT2D eigenvalue weighted by molar-refractivity contribution is -0.146. The van der Waals surface area contributed by atoms with E-state index in [0.717, 1.165) is 17.7 Å². The monoisotopic (exact) mass is 422 g/mol. The van der Waals surface area contributed by atoms with E-state index < -0.39 is 12.0 Å². The molecule has 7 nitrogen and oxygen atoms in total. The normalized spacial score (nSPS) is 12.9. The maximum atomic E-state index is 12.2. The molecule has 2 N–H and O–H groups in total. The third-order valence-electron chi connectivity index (χ3n) is 4.34. The van der Waals surface area contributed by atoms with E-state index >= 15 is 0 Å². The third-order valence-corrected chi connectivity index (χ3v) is 6.31. The van der Waals surface area contributed by atoms with Crippen LogP contribution in [-0.2, 0) is 14.3 Å². The molecular weight excluding hydrogens is 396 g/mol. The van der Waals surface area contributed by atoms with Gasteiger partial charge in [0.05, 0.1) is 12.9 Å². The third kappa shape index (κ3) is 6.20. The quantitative estimate of drug-likeness (QED) is 0.470. The Bertz CT molecular complexity index is 825. The Balaban J connectivity index is 1.90. The molecule has 0 spiro atoms. The summed E-state index contributed by atoms with van der Waals surface area (Å²) in [6, 6.07) is 5.50. The van der Waals surface area contributed by atoms with E-state index in [4.69, 9.17) is 4.74 Å². The van der Waals surface area contributed by atoms with Crippen LogP contribution in [0.3, 0.4) is 0 Å². The van der Waals surface area contributed by atoms with Crippen LogP contribution < -0.4 is 10.6 Å². The first-order valence-corrected chi connectivity index (χ1v) is 10.8. The predicted octanol–water partition coefficient (Wildman–Crippen LogP) is 3.69. The number of hydrogen-bond donors (Lipinski definition) is 2. The molecule has 28 heavy (non-hydrogen) atoms. The highest BCUT2D eigenvalue weighted by Gasteiger charge is 2.26. The minimum absolute atomic E-state index is 0.00326. The second-order valence-electron chi connectivity index (χ2n) is 6.56. The van der Waals surface area contributed by atoms with Crippen LogP contribution in [0.5, 0.6) is 0 Å². The van der Waals surface area contributed by atoms with Crippen LogP contribution in [0.25, 0.3) is 0 Å². The first kappa shape index (κ1) is 22.2.